The number of amides is 1. The van der Waals surface area contributed by atoms with E-state index in [1.54, 1.807) is 44.6 Å². The molecule has 0 saturated heterocycles. The van der Waals surface area contributed by atoms with Gasteiger partial charge in [0.1, 0.15) is 5.82 Å². The molecule has 126 valence electrons. The van der Waals surface area contributed by atoms with E-state index in [-0.39, 0.29) is 17.8 Å². The zero-order valence-corrected chi connectivity index (χ0v) is 13.9. The van der Waals surface area contributed by atoms with Crippen molar-refractivity contribution in [2.24, 2.45) is 0 Å². The summed E-state index contributed by atoms with van der Waals surface area (Å²) >= 11 is 0. The molecule has 1 amide bonds. The summed E-state index contributed by atoms with van der Waals surface area (Å²) in [7, 11) is 3.13. The highest BCUT2D eigenvalue weighted by molar-refractivity contribution is 5.92. The topological polar surface area (TPSA) is 47.6 Å². The van der Waals surface area contributed by atoms with Crippen LogP contribution >= 0.6 is 0 Å². The molecule has 0 heterocycles. The first kappa shape index (κ1) is 17.5. The highest BCUT2D eigenvalue weighted by Gasteiger charge is 2.08. The van der Waals surface area contributed by atoms with Crippen molar-refractivity contribution < 1.29 is 18.7 Å². The maximum atomic E-state index is 12.9. The van der Waals surface area contributed by atoms with E-state index in [1.807, 2.05) is 13.0 Å². The van der Waals surface area contributed by atoms with E-state index in [4.69, 9.17) is 9.47 Å². The van der Waals surface area contributed by atoms with Gasteiger partial charge >= 0.3 is 0 Å². The number of halogens is 1. The second kappa shape index (κ2) is 8.15. The molecule has 0 radical (unpaired) electrons. The van der Waals surface area contributed by atoms with Crippen LogP contribution in [0.1, 0.15) is 24.1 Å². The Kier molecular flexibility index (Phi) is 5.95. The van der Waals surface area contributed by atoms with Gasteiger partial charge in [0.05, 0.1) is 20.3 Å². The average Bonchev–Trinajstić information content (AvgIpc) is 2.60. The smallest absolute Gasteiger partial charge is 0.244 e. The Morgan fingerprint density at radius 2 is 1.75 bits per heavy atom. The zero-order valence-electron chi connectivity index (χ0n) is 13.9. The fourth-order valence-corrected chi connectivity index (χ4v) is 2.22. The average molecular weight is 329 g/mol. The molecular formula is C19H20FNO3. The van der Waals surface area contributed by atoms with Crippen molar-refractivity contribution >= 4 is 12.0 Å². The minimum atomic E-state index is -0.300. The molecule has 0 unspecified atom stereocenters. The number of ether oxygens (including phenoxy) is 2. The standard InChI is InChI=1S/C19H20FNO3/c1-13(15-6-8-16(20)9-7-15)21-19(22)11-5-14-4-10-17(23-2)18(12-14)24-3/h4-13H,1-3H3,(H,21,22)/b11-5+/t13-/m0/s1. The number of carbonyl (C=O) groups excluding carboxylic acids is 1. The lowest BCUT2D eigenvalue weighted by atomic mass is 10.1. The first-order valence-corrected chi connectivity index (χ1v) is 7.49. The largest absolute Gasteiger partial charge is 0.493 e. The molecule has 0 bridgehead atoms. The molecule has 2 aromatic rings. The van der Waals surface area contributed by atoms with Gasteiger partial charge in [0.15, 0.2) is 11.5 Å². The fourth-order valence-electron chi connectivity index (χ4n) is 2.22. The van der Waals surface area contributed by atoms with E-state index in [1.165, 1.54) is 18.2 Å². The van der Waals surface area contributed by atoms with Crippen LogP contribution in [-0.2, 0) is 4.79 Å². The molecule has 2 aromatic carbocycles. The summed E-state index contributed by atoms with van der Waals surface area (Å²) in [6, 6.07) is 11.2. The van der Waals surface area contributed by atoms with Crippen LogP contribution in [0.2, 0.25) is 0 Å². The molecule has 5 heteroatoms. The number of carbonyl (C=O) groups is 1. The molecule has 0 fully saturated rings. The quantitative estimate of drug-likeness (QED) is 0.822. The van der Waals surface area contributed by atoms with Gasteiger partial charge in [0, 0.05) is 6.08 Å². The molecule has 0 aromatic heterocycles. The fraction of sp³-hybridized carbons (Fsp3) is 0.211. The van der Waals surface area contributed by atoms with Gasteiger partial charge in [-0.2, -0.15) is 0 Å². The van der Waals surface area contributed by atoms with Crippen molar-refractivity contribution in [2.45, 2.75) is 13.0 Å². The third kappa shape index (κ3) is 4.59. The van der Waals surface area contributed by atoms with Gasteiger partial charge in [0.2, 0.25) is 5.91 Å². The van der Waals surface area contributed by atoms with Gasteiger partial charge in [0.25, 0.3) is 0 Å². The van der Waals surface area contributed by atoms with Crippen molar-refractivity contribution in [1.82, 2.24) is 5.32 Å². The van der Waals surface area contributed by atoms with Crippen molar-refractivity contribution in [2.75, 3.05) is 14.2 Å². The third-order valence-electron chi connectivity index (χ3n) is 3.56. The number of rotatable bonds is 6. The molecule has 0 spiro atoms. The SMILES string of the molecule is COc1ccc(/C=C/C(=O)N[C@@H](C)c2ccc(F)cc2)cc1OC. The summed E-state index contributed by atoms with van der Waals surface area (Å²) in [5.74, 6) is 0.691. The van der Waals surface area contributed by atoms with Crippen LogP contribution in [0.25, 0.3) is 6.08 Å². The molecule has 0 saturated carbocycles. The molecule has 0 aliphatic heterocycles. The highest BCUT2D eigenvalue weighted by atomic mass is 19.1. The predicted molar refractivity (Wildman–Crippen MR) is 91.5 cm³/mol. The molecule has 1 atom stereocenters. The van der Waals surface area contributed by atoms with Crippen molar-refractivity contribution in [3.63, 3.8) is 0 Å². The van der Waals surface area contributed by atoms with E-state index in [9.17, 15) is 9.18 Å². The van der Waals surface area contributed by atoms with Crippen LogP contribution in [0.15, 0.2) is 48.5 Å². The lowest BCUT2D eigenvalue weighted by Gasteiger charge is -2.12. The Hall–Kier alpha value is -2.82. The van der Waals surface area contributed by atoms with Gasteiger partial charge in [-0.3, -0.25) is 4.79 Å². The van der Waals surface area contributed by atoms with Crippen LogP contribution in [0.5, 0.6) is 11.5 Å². The van der Waals surface area contributed by atoms with Crippen LogP contribution in [0.4, 0.5) is 4.39 Å². The molecule has 0 aliphatic carbocycles. The normalized spacial score (nSPS) is 12.0. The maximum Gasteiger partial charge on any atom is 0.244 e. The summed E-state index contributed by atoms with van der Waals surface area (Å²) in [4.78, 5) is 12.0. The van der Waals surface area contributed by atoms with E-state index < -0.39 is 0 Å². The Morgan fingerprint density at radius 1 is 1.08 bits per heavy atom. The number of hydrogen-bond donors (Lipinski definition) is 1. The second-order valence-corrected chi connectivity index (χ2v) is 5.23. The van der Waals surface area contributed by atoms with Gasteiger partial charge < -0.3 is 14.8 Å². The Labute approximate surface area is 140 Å². The number of methoxy groups -OCH3 is 2. The lowest BCUT2D eigenvalue weighted by molar-refractivity contribution is -0.117. The summed E-state index contributed by atoms with van der Waals surface area (Å²) in [6.45, 7) is 1.84. The number of benzene rings is 2. The molecule has 2 rings (SSSR count). The molecule has 24 heavy (non-hydrogen) atoms. The van der Waals surface area contributed by atoms with Gasteiger partial charge in [-0.15, -0.1) is 0 Å². The van der Waals surface area contributed by atoms with E-state index in [2.05, 4.69) is 5.32 Å². The first-order valence-electron chi connectivity index (χ1n) is 7.49. The molecule has 0 aliphatic rings. The highest BCUT2D eigenvalue weighted by Crippen LogP contribution is 2.27. The van der Waals surface area contributed by atoms with Gasteiger partial charge in [-0.1, -0.05) is 18.2 Å². The predicted octanol–water partition coefficient (Wildman–Crippen LogP) is 3.73. The first-order chi connectivity index (χ1) is 11.5. The maximum absolute atomic E-state index is 12.9. The van der Waals surface area contributed by atoms with Crippen LogP contribution < -0.4 is 14.8 Å². The Morgan fingerprint density at radius 3 is 2.38 bits per heavy atom. The Bertz CT molecular complexity index is 726. The van der Waals surface area contributed by atoms with Crippen LogP contribution in [0, 0.1) is 5.82 Å². The van der Waals surface area contributed by atoms with Crippen molar-refractivity contribution in [1.29, 1.82) is 0 Å². The molecule has 4 nitrogen and oxygen atoms in total. The molecular weight excluding hydrogens is 309 g/mol. The van der Waals surface area contributed by atoms with Crippen LogP contribution in [-0.4, -0.2) is 20.1 Å². The summed E-state index contributed by atoms with van der Waals surface area (Å²) in [5.41, 5.74) is 1.65. The third-order valence-corrected chi connectivity index (χ3v) is 3.56. The minimum Gasteiger partial charge on any atom is -0.493 e. The second-order valence-electron chi connectivity index (χ2n) is 5.23. The van der Waals surface area contributed by atoms with Crippen molar-refractivity contribution in [3.8, 4) is 11.5 Å². The van der Waals surface area contributed by atoms with E-state index in [0.29, 0.717) is 11.5 Å². The molecule has 1 N–H and O–H groups in total. The number of nitrogens with one attached hydrogen (secondary N) is 1. The Balaban J connectivity index is 2.01. The minimum absolute atomic E-state index is 0.215. The van der Waals surface area contributed by atoms with Gasteiger partial charge in [-0.05, 0) is 48.4 Å². The van der Waals surface area contributed by atoms with Crippen LogP contribution in [0.3, 0.4) is 0 Å². The van der Waals surface area contributed by atoms with Gasteiger partial charge in [-0.25, -0.2) is 4.39 Å². The van der Waals surface area contributed by atoms with Crippen molar-refractivity contribution in [3.05, 3.63) is 65.5 Å². The summed E-state index contributed by atoms with van der Waals surface area (Å²) in [5, 5.41) is 2.83. The number of hydrogen-bond acceptors (Lipinski definition) is 3. The summed E-state index contributed by atoms with van der Waals surface area (Å²) < 4.78 is 23.3. The lowest BCUT2D eigenvalue weighted by Crippen LogP contribution is -2.24. The zero-order chi connectivity index (χ0) is 17.5. The monoisotopic (exact) mass is 329 g/mol. The van der Waals surface area contributed by atoms with E-state index in [0.717, 1.165) is 11.1 Å². The van der Waals surface area contributed by atoms with E-state index >= 15 is 0 Å². The summed E-state index contributed by atoms with van der Waals surface area (Å²) in [6.07, 6.45) is 3.13.